The summed E-state index contributed by atoms with van der Waals surface area (Å²) in [6.45, 7) is 0. The summed E-state index contributed by atoms with van der Waals surface area (Å²) < 4.78 is 0. The lowest BCUT2D eigenvalue weighted by molar-refractivity contribution is 1.06. The maximum Gasteiger partial charge on any atom is 0.227 e. The summed E-state index contributed by atoms with van der Waals surface area (Å²) in [5, 5.41) is 1.00. The van der Waals surface area contributed by atoms with E-state index in [4.69, 9.17) is 46.4 Å². The molecule has 1 aromatic heterocycles. The lowest BCUT2D eigenvalue weighted by Crippen LogP contribution is -1.93. The second-order valence-corrected chi connectivity index (χ2v) is 4.40. The van der Waals surface area contributed by atoms with Gasteiger partial charge in [0.25, 0.3) is 0 Å². The van der Waals surface area contributed by atoms with Crippen LogP contribution in [0.4, 0.5) is 0 Å². The first-order valence-electron chi connectivity index (χ1n) is 4.08. The van der Waals surface area contributed by atoms with Crippen LogP contribution in [-0.4, -0.2) is 15.0 Å². The van der Waals surface area contributed by atoms with Gasteiger partial charge in [-0.3, -0.25) is 0 Å². The van der Waals surface area contributed by atoms with Gasteiger partial charge in [0.15, 0.2) is 5.82 Å². The lowest BCUT2D eigenvalue weighted by atomic mass is 10.2. The molecule has 2 aromatic rings. The third-order valence-electron chi connectivity index (χ3n) is 1.70. The maximum atomic E-state index is 5.86. The van der Waals surface area contributed by atoms with E-state index in [9.17, 15) is 0 Å². The molecular formula is C9H3Cl4N3. The molecule has 16 heavy (non-hydrogen) atoms. The molecular weight excluding hydrogens is 292 g/mol. The Balaban J connectivity index is 2.57. The van der Waals surface area contributed by atoms with Gasteiger partial charge in [-0.15, -0.1) is 0 Å². The van der Waals surface area contributed by atoms with Crippen molar-refractivity contribution in [3.63, 3.8) is 0 Å². The highest BCUT2D eigenvalue weighted by molar-refractivity contribution is 6.35. The number of aromatic nitrogens is 3. The summed E-state index contributed by atoms with van der Waals surface area (Å²) >= 11 is 23.0. The zero-order valence-electron chi connectivity index (χ0n) is 7.59. The van der Waals surface area contributed by atoms with Crippen LogP contribution < -0.4 is 0 Å². The van der Waals surface area contributed by atoms with E-state index in [0.717, 1.165) is 0 Å². The first-order valence-corrected chi connectivity index (χ1v) is 5.59. The van der Waals surface area contributed by atoms with Gasteiger partial charge in [0.05, 0.1) is 0 Å². The van der Waals surface area contributed by atoms with Crippen LogP contribution in [0.2, 0.25) is 20.6 Å². The van der Waals surface area contributed by atoms with Crippen LogP contribution in [0.1, 0.15) is 0 Å². The van der Waals surface area contributed by atoms with Crippen molar-refractivity contribution < 1.29 is 0 Å². The van der Waals surface area contributed by atoms with E-state index in [0.29, 0.717) is 21.4 Å². The normalized spacial score (nSPS) is 10.5. The fourth-order valence-electron chi connectivity index (χ4n) is 1.14. The molecule has 3 nitrogen and oxygen atoms in total. The van der Waals surface area contributed by atoms with Gasteiger partial charge in [0.2, 0.25) is 10.6 Å². The molecule has 0 radical (unpaired) electrons. The summed E-state index contributed by atoms with van der Waals surface area (Å²) in [7, 11) is 0. The first kappa shape index (κ1) is 11.9. The molecule has 1 aromatic carbocycles. The molecule has 0 saturated heterocycles. The second-order valence-electron chi connectivity index (χ2n) is 2.86. The van der Waals surface area contributed by atoms with Crippen LogP contribution in [0.15, 0.2) is 18.2 Å². The molecule has 0 unspecified atom stereocenters. The largest absolute Gasteiger partial charge is 0.227 e. The molecule has 0 bridgehead atoms. The van der Waals surface area contributed by atoms with E-state index < -0.39 is 0 Å². The molecule has 0 aliphatic rings. The summed E-state index contributed by atoms with van der Waals surface area (Å²) in [4.78, 5) is 11.5. The Morgan fingerprint density at radius 1 is 0.688 bits per heavy atom. The van der Waals surface area contributed by atoms with Crippen LogP contribution in [0.25, 0.3) is 11.4 Å². The fourth-order valence-corrected chi connectivity index (χ4v) is 2.03. The van der Waals surface area contributed by atoms with Crippen LogP contribution in [0.3, 0.4) is 0 Å². The number of rotatable bonds is 1. The molecule has 0 aliphatic carbocycles. The molecule has 1 heterocycles. The van der Waals surface area contributed by atoms with E-state index in [1.54, 1.807) is 18.2 Å². The molecule has 0 saturated carbocycles. The third-order valence-corrected chi connectivity index (χ3v) is 2.48. The average Bonchev–Trinajstić information content (AvgIpc) is 2.14. The van der Waals surface area contributed by atoms with Gasteiger partial charge in [-0.25, -0.2) is 0 Å². The molecule has 0 fully saturated rings. The minimum absolute atomic E-state index is 0.0195. The quantitative estimate of drug-likeness (QED) is 0.793. The molecule has 7 heteroatoms. The van der Waals surface area contributed by atoms with E-state index in [1.807, 2.05) is 0 Å². The second kappa shape index (κ2) is 4.72. The predicted octanol–water partition coefficient (Wildman–Crippen LogP) is 4.15. The highest BCUT2D eigenvalue weighted by Gasteiger charge is 2.07. The molecule has 0 spiro atoms. The molecule has 0 atom stereocenters. The Kier molecular flexibility index (Phi) is 3.50. The van der Waals surface area contributed by atoms with Crippen molar-refractivity contribution in [2.24, 2.45) is 0 Å². The Morgan fingerprint density at radius 2 is 1.19 bits per heavy atom. The van der Waals surface area contributed by atoms with Gasteiger partial charge in [-0.05, 0) is 41.4 Å². The van der Waals surface area contributed by atoms with Crippen molar-refractivity contribution in [2.45, 2.75) is 0 Å². The standard InChI is InChI=1S/C9H3Cl4N3/c10-5-1-4(2-6(11)3-5)7-14-8(12)16-9(13)15-7/h1-3H. The Morgan fingerprint density at radius 3 is 1.69 bits per heavy atom. The van der Waals surface area contributed by atoms with Crippen molar-refractivity contribution in [3.8, 4) is 11.4 Å². The van der Waals surface area contributed by atoms with Crippen molar-refractivity contribution in [2.75, 3.05) is 0 Å². The van der Waals surface area contributed by atoms with E-state index in [1.165, 1.54) is 0 Å². The maximum absolute atomic E-state index is 5.86. The minimum atomic E-state index is 0.0195. The van der Waals surface area contributed by atoms with Crippen LogP contribution in [0, 0.1) is 0 Å². The Labute approximate surface area is 111 Å². The first-order chi connectivity index (χ1) is 7.54. The van der Waals surface area contributed by atoms with Crippen molar-refractivity contribution in [1.82, 2.24) is 15.0 Å². The highest BCUT2D eigenvalue weighted by Crippen LogP contribution is 2.25. The van der Waals surface area contributed by atoms with Crippen molar-refractivity contribution >= 4 is 46.4 Å². The van der Waals surface area contributed by atoms with Gasteiger partial charge >= 0.3 is 0 Å². The highest BCUT2D eigenvalue weighted by atomic mass is 35.5. The lowest BCUT2D eigenvalue weighted by Gasteiger charge is -2.02. The molecule has 0 aliphatic heterocycles. The number of nitrogens with zero attached hydrogens (tertiary/aromatic N) is 3. The van der Waals surface area contributed by atoms with Gasteiger partial charge < -0.3 is 0 Å². The Bertz CT molecular complexity index is 454. The van der Waals surface area contributed by atoms with E-state index >= 15 is 0 Å². The monoisotopic (exact) mass is 293 g/mol. The zero-order valence-corrected chi connectivity index (χ0v) is 10.6. The summed E-state index contributed by atoms with van der Waals surface area (Å²) in [6, 6.07) is 4.93. The topological polar surface area (TPSA) is 38.7 Å². The molecule has 0 amide bonds. The zero-order chi connectivity index (χ0) is 11.7. The summed E-state index contributed by atoms with van der Waals surface area (Å²) in [5.41, 5.74) is 0.628. The molecule has 0 N–H and O–H groups in total. The smallest absolute Gasteiger partial charge is 0.198 e. The number of halogens is 4. The minimum Gasteiger partial charge on any atom is -0.198 e. The summed E-state index contributed by atoms with van der Waals surface area (Å²) in [5.74, 6) is 0.328. The van der Waals surface area contributed by atoms with Crippen LogP contribution in [-0.2, 0) is 0 Å². The average molecular weight is 295 g/mol. The Hall–Kier alpha value is -0.610. The van der Waals surface area contributed by atoms with Crippen molar-refractivity contribution in [1.29, 1.82) is 0 Å². The van der Waals surface area contributed by atoms with Gasteiger partial charge in [0, 0.05) is 15.6 Å². The SMILES string of the molecule is Clc1cc(Cl)cc(-c2nc(Cl)nc(Cl)n2)c1. The van der Waals surface area contributed by atoms with E-state index in [-0.39, 0.29) is 10.6 Å². The number of hydrogen-bond acceptors (Lipinski definition) is 3. The molecule has 2 rings (SSSR count). The van der Waals surface area contributed by atoms with E-state index in [2.05, 4.69) is 15.0 Å². The van der Waals surface area contributed by atoms with Crippen LogP contribution in [0.5, 0.6) is 0 Å². The fraction of sp³-hybridized carbons (Fsp3) is 0. The van der Waals surface area contributed by atoms with Crippen LogP contribution >= 0.6 is 46.4 Å². The summed E-state index contributed by atoms with van der Waals surface area (Å²) in [6.07, 6.45) is 0. The number of hydrogen-bond donors (Lipinski definition) is 0. The van der Waals surface area contributed by atoms with Gasteiger partial charge in [-0.1, -0.05) is 23.2 Å². The van der Waals surface area contributed by atoms with Gasteiger partial charge in [-0.2, -0.15) is 15.0 Å². The van der Waals surface area contributed by atoms with Gasteiger partial charge in [0.1, 0.15) is 0 Å². The van der Waals surface area contributed by atoms with Crippen molar-refractivity contribution in [3.05, 3.63) is 38.8 Å². The molecule has 82 valence electrons. The predicted molar refractivity (Wildman–Crippen MR) is 65.3 cm³/mol. The number of benzene rings is 1. The third kappa shape index (κ3) is 2.74.